The van der Waals surface area contributed by atoms with Gasteiger partial charge in [0.2, 0.25) is 5.91 Å². The number of hydrogen-bond acceptors (Lipinski definition) is 8. The number of aromatic nitrogens is 2. The third kappa shape index (κ3) is 6.17. The summed E-state index contributed by atoms with van der Waals surface area (Å²) in [5.41, 5.74) is 16.0. The number of nitrogen functional groups attached to an aromatic ring is 1. The fraction of sp³-hybridized carbons (Fsp3) is 0.233. The van der Waals surface area contributed by atoms with E-state index < -0.39 is 5.41 Å². The molecule has 9 heteroatoms. The zero-order valence-corrected chi connectivity index (χ0v) is 21.9. The summed E-state index contributed by atoms with van der Waals surface area (Å²) in [6, 6.07) is 11.4. The van der Waals surface area contributed by atoms with Gasteiger partial charge >= 0.3 is 0 Å². The summed E-state index contributed by atoms with van der Waals surface area (Å²) >= 11 is 0. The molecule has 4 rings (SSSR count). The first kappa shape index (κ1) is 27.6. The van der Waals surface area contributed by atoms with Crippen LogP contribution in [0.15, 0.2) is 85.6 Å². The topological polar surface area (TPSA) is 146 Å². The first-order chi connectivity index (χ1) is 18.9. The molecule has 0 radical (unpaired) electrons. The molecule has 1 saturated heterocycles. The summed E-state index contributed by atoms with van der Waals surface area (Å²) in [4.78, 5) is 22.0. The lowest BCUT2D eigenvalue weighted by Crippen LogP contribution is -2.47. The number of nitrogens with zero attached hydrogens (tertiary/aromatic N) is 2. The fourth-order valence-electron chi connectivity index (χ4n) is 4.59. The quantitative estimate of drug-likeness (QED) is 0.310. The molecule has 1 aliphatic heterocycles. The average molecular weight is 528 g/mol. The van der Waals surface area contributed by atoms with Crippen LogP contribution in [-0.4, -0.2) is 41.3 Å². The Labute approximate surface area is 227 Å². The van der Waals surface area contributed by atoms with E-state index in [2.05, 4.69) is 21.9 Å². The van der Waals surface area contributed by atoms with Crippen molar-refractivity contribution in [2.45, 2.75) is 24.9 Å². The maximum atomic E-state index is 13.7. The molecule has 1 fully saturated rings. The van der Waals surface area contributed by atoms with Gasteiger partial charge < -0.3 is 31.4 Å². The number of aliphatic hydroxyl groups is 1. The normalized spacial score (nSPS) is 15.2. The maximum absolute atomic E-state index is 13.7. The fourth-order valence-corrected chi connectivity index (χ4v) is 4.59. The number of anilines is 1. The van der Waals surface area contributed by atoms with E-state index >= 15 is 0 Å². The Balaban J connectivity index is 1.53. The second-order valence-corrected chi connectivity index (χ2v) is 9.25. The SMILES string of the molecule is C=C(/C=C\C(=C/N)c1cncc(OC)c1)NC(=O)C1(c2ccc(-c3cnc(N)c(CO)c3)cc2)CCOCC1. The molecule has 0 spiro atoms. The number of allylic oxidation sites excluding steroid dienone is 3. The Hall–Kier alpha value is -4.47. The van der Waals surface area contributed by atoms with Gasteiger partial charge in [-0.1, -0.05) is 36.9 Å². The van der Waals surface area contributed by atoms with Crippen LogP contribution in [0.2, 0.25) is 0 Å². The number of carbonyl (C=O) groups excluding carboxylic acids is 1. The van der Waals surface area contributed by atoms with Gasteiger partial charge in [-0.3, -0.25) is 9.78 Å². The summed E-state index contributed by atoms with van der Waals surface area (Å²) in [5, 5.41) is 12.5. The van der Waals surface area contributed by atoms with E-state index in [4.69, 9.17) is 20.9 Å². The van der Waals surface area contributed by atoms with Crippen molar-refractivity contribution in [2.75, 3.05) is 26.1 Å². The van der Waals surface area contributed by atoms with Crippen LogP contribution in [0.4, 0.5) is 5.82 Å². The van der Waals surface area contributed by atoms with Crippen LogP contribution in [0.1, 0.15) is 29.5 Å². The summed E-state index contributed by atoms with van der Waals surface area (Å²) < 4.78 is 10.8. The molecule has 0 unspecified atom stereocenters. The summed E-state index contributed by atoms with van der Waals surface area (Å²) in [6.07, 6.45) is 11.0. The number of rotatable bonds is 9. The molecule has 1 amide bonds. The number of nitrogens with two attached hydrogens (primary N) is 2. The lowest BCUT2D eigenvalue weighted by Gasteiger charge is -2.36. The summed E-state index contributed by atoms with van der Waals surface area (Å²) in [7, 11) is 1.57. The van der Waals surface area contributed by atoms with Gasteiger partial charge in [-0.15, -0.1) is 0 Å². The molecule has 0 bridgehead atoms. The van der Waals surface area contributed by atoms with Gasteiger partial charge in [0.1, 0.15) is 11.6 Å². The number of amides is 1. The third-order valence-corrected chi connectivity index (χ3v) is 6.92. The first-order valence-corrected chi connectivity index (χ1v) is 12.5. The zero-order chi connectivity index (χ0) is 27.8. The van der Waals surface area contributed by atoms with Crippen LogP contribution >= 0.6 is 0 Å². The van der Waals surface area contributed by atoms with Gasteiger partial charge in [-0.2, -0.15) is 0 Å². The van der Waals surface area contributed by atoms with Crippen molar-refractivity contribution in [3.05, 3.63) is 102 Å². The molecule has 6 N–H and O–H groups in total. The van der Waals surface area contributed by atoms with Gasteiger partial charge in [-0.05, 0) is 47.8 Å². The monoisotopic (exact) mass is 527 g/mol. The van der Waals surface area contributed by atoms with Crippen LogP contribution < -0.4 is 21.5 Å². The highest BCUT2D eigenvalue weighted by molar-refractivity contribution is 5.90. The highest BCUT2D eigenvalue weighted by Gasteiger charge is 2.41. The van der Waals surface area contributed by atoms with Crippen molar-refractivity contribution in [1.82, 2.24) is 15.3 Å². The number of aliphatic hydroxyl groups excluding tert-OH is 1. The standard InChI is InChI=1S/C30H33N5O4/c1-20(3-4-22(15-31)24-14-27(38-2)18-33-16-24)35-29(37)30(9-11-39-12-10-30)26-7-5-21(6-8-26)23-13-25(19-36)28(32)34-17-23/h3-8,13-18,36H,1,9-12,19,31H2,2H3,(H2,32,34)(H,35,37)/b4-3-,22-15+. The minimum absolute atomic E-state index is 0.147. The molecule has 3 aromatic rings. The number of methoxy groups -OCH3 is 1. The van der Waals surface area contributed by atoms with E-state index in [-0.39, 0.29) is 12.5 Å². The van der Waals surface area contributed by atoms with Crippen molar-refractivity contribution in [3.8, 4) is 16.9 Å². The average Bonchev–Trinajstić information content (AvgIpc) is 2.98. The highest BCUT2D eigenvalue weighted by atomic mass is 16.5. The predicted octanol–water partition coefficient (Wildman–Crippen LogP) is 3.46. The van der Waals surface area contributed by atoms with E-state index in [0.717, 1.165) is 22.3 Å². The lowest BCUT2D eigenvalue weighted by atomic mass is 9.73. The van der Waals surface area contributed by atoms with Gasteiger partial charge in [0, 0.05) is 54.2 Å². The van der Waals surface area contributed by atoms with Crippen LogP contribution in [0, 0.1) is 0 Å². The Kier molecular flexibility index (Phi) is 8.75. The van der Waals surface area contributed by atoms with Crippen LogP contribution in [-0.2, 0) is 21.6 Å². The smallest absolute Gasteiger partial charge is 0.235 e. The van der Waals surface area contributed by atoms with Gasteiger partial charge in [0.25, 0.3) is 0 Å². The minimum Gasteiger partial charge on any atom is -0.495 e. The van der Waals surface area contributed by atoms with E-state index in [1.165, 1.54) is 6.20 Å². The van der Waals surface area contributed by atoms with Crippen LogP contribution in [0.5, 0.6) is 5.75 Å². The number of carbonyl (C=O) groups is 1. The molecular weight excluding hydrogens is 494 g/mol. The number of ether oxygens (including phenoxy) is 2. The van der Waals surface area contributed by atoms with Crippen LogP contribution in [0.25, 0.3) is 16.7 Å². The molecule has 0 aliphatic carbocycles. The minimum atomic E-state index is -0.771. The van der Waals surface area contributed by atoms with Crippen LogP contribution in [0.3, 0.4) is 0 Å². The third-order valence-electron chi connectivity index (χ3n) is 6.92. The van der Waals surface area contributed by atoms with E-state index in [0.29, 0.717) is 54.5 Å². The Bertz CT molecular complexity index is 1390. The number of pyridine rings is 2. The van der Waals surface area contributed by atoms with Crippen molar-refractivity contribution < 1.29 is 19.4 Å². The molecule has 9 nitrogen and oxygen atoms in total. The lowest BCUT2D eigenvalue weighted by molar-refractivity contribution is -0.129. The second kappa shape index (κ2) is 12.4. The molecule has 202 valence electrons. The number of hydrogen-bond donors (Lipinski definition) is 4. The molecule has 1 aromatic carbocycles. The van der Waals surface area contributed by atoms with Crippen molar-refractivity contribution in [2.24, 2.45) is 5.73 Å². The first-order valence-electron chi connectivity index (χ1n) is 12.5. The van der Waals surface area contributed by atoms with Crippen molar-refractivity contribution in [3.63, 3.8) is 0 Å². The molecule has 39 heavy (non-hydrogen) atoms. The van der Waals surface area contributed by atoms with Gasteiger partial charge in [0.15, 0.2) is 0 Å². The Morgan fingerprint density at radius 2 is 1.90 bits per heavy atom. The highest BCUT2D eigenvalue weighted by Crippen LogP contribution is 2.36. The molecular formula is C30H33N5O4. The van der Waals surface area contributed by atoms with Gasteiger partial charge in [0.05, 0.1) is 25.3 Å². The second-order valence-electron chi connectivity index (χ2n) is 9.25. The maximum Gasteiger partial charge on any atom is 0.235 e. The molecule has 2 aromatic heterocycles. The van der Waals surface area contributed by atoms with Crippen molar-refractivity contribution >= 4 is 17.3 Å². The van der Waals surface area contributed by atoms with Gasteiger partial charge in [-0.25, -0.2) is 4.98 Å². The molecule has 0 saturated carbocycles. The van der Waals surface area contributed by atoms with E-state index in [1.807, 2.05) is 36.4 Å². The zero-order valence-electron chi connectivity index (χ0n) is 21.9. The molecule has 3 heterocycles. The van der Waals surface area contributed by atoms with E-state index in [1.54, 1.807) is 37.9 Å². The summed E-state index contributed by atoms with van der Waals surface area (Å²) in [5.74, 6) is 0.770. The molecule has 0 atom stereocenters. The predicted molar refractivity (Wildman–Crippen MR) is 151 cm³/mol. The largest absolute Gasteiger partial charge is 0.495 e. The number of benzene rings is 1. The van der Waals surface area contributed by atoms with Crippen molar-refractivity contribution in [1.29, 1.82) is 0 Å². The summed E-state index contributed by atoms with van der Waals surface area (Å²) in [6.45, 7) is 4.79. The molecule has 1 aliphatic rings. The van der Waals surface area contributed by atoms with E-state index in [9.17, 15) is 9.90 Å². The number of nitrogens with one attached hydrogen (secondary N) is 1. The Morgan fingerprint density at radius 1 is 1.15 bits per heavy atom. The Morgan fingerprint density at radius 3 is 2.56 bits per heavy atom.